The van der Waals surface area contributed by atoms with Crippen molar-refractivity contribution in [1.29, 1.82) is 0 Å². The largest absolute Gasteiger partial charge is 0.309 e. The molecule has 0 saturated carbocycles. The van der Waals surface area contributed by atoms with E-state index in [1.807, 2.05) is 24.4 Å². The Labute approximate surface area is 74.0 Å². The molecule has 0 aliphatic rings. The molecule has 1 rings (SSSR count). The predicted octanol–water partition coefficient (Wildman–Crippen LogP) is 1.97. The van der Waals surface area contributed by atoms with Gasteiger partial charge in [0.2, 0.25) is 0 Å². The van der Waals surface area contributed by atoms with Gasteiger partial charge in [0.1, 0.15) is 0 Å². The summed E-state index contributed by atoms with van der Waals surface area (Å²) < 4.78 is 0. The van der Waals surface area contributed by atoms with Crippen molar-refractivity contribution in [1.82, 2.24) is 10.3 Å². The summed E-state index contributed by atoms with van der Waals surface area (Å²) in [5.41, 5.74) is 1.11. The maximum absolute atomic E-state index is 4.22. The Bertz CT molecular complexity index is 208. The minimum Gasteiger partial charge on any atom is -0.309 e. The van der Waals surface area contributed by atoms with E-state index in [2.05, 4.69) is 24.1 Å². The summed E-state index contributed by atoms with van der Waals surface area (Å²) in [4.78, 5) is 4.22. The molecule has 1 N–H and O–H groups in total. The van der Waals surface area contributed by atoms with Crippen LogP contribution in [-0.4, -0.2) is 11.0 Å². The van der Waals surface area contributed by atoms with Crippen molar-refractivity contribution < 1.29 is 0 Å². The Kier molecular flexibility index (Phi) is 3.74. The van der Waals surface area contributed by atoms with Crippen molar-refractivity contribution in [2.24, 2.45) is 0 Å². The number of pyridine rings is 1. The highest BCUT2D eigenvalue weighted by Crippen LogP contribution is 1.94. The zero-order valence-electron chi connectivity index (χ0n) is 7.75. The van der Waals surface area contributed by atoms with Crippen LogP contribution in [0.25, 0.3) is 0 Å². The lowest BCUT2D eigenvalue weighted by Crippen LogP contribution is -2.24. The Hall–Kier alpha value is -0.890. The van der Waals surface area contributed by atoms with Gasteiger partial charge in [-0.25, -0.2) is 0 Å². The van der Waals surface area contributed by atoms with E-state index in [0.717, 1.165) is 18.7 Å². The average molecular weight is 164 g/mol. The number of nitrogens with zero attached hydrogens (tertiary/aromatic N) is 1. The van der Waals surface area contributed by atoms with Crippen LogP contribution in [0, 0.1) is 0 Å². The zero-order chi connectivity index (χ0) is 8.81. The third-order valence-electron chi connectivity index (χ3n) is 1.97. The summed E-state index contributed by atoms with van der Waals surface area (Å²) in [6.07, 6.45) is 2.99. The van der Waals surface area contributed by atoms with Crippen LogP contribution in [0.2, 0.25) is 0 Å². The van der Waals surface area contributed by atoms with Gasteiger partial charge in [-0.2, -0.15) is 0 Å². The summed E-state index contributed by atoms with van der Waals surface area (Å²) >= 11 is 0. The van der Waals surface area contributed by atoms with Crippen LogP contribution >= 0.6 is 0 Å². The predicted molar refractivity (Wildman–Crippen MR) is 50.8 cm³/mol. The molecule has 0 aliphatic heterocycles. The van der Waals surface area contributed by atoms with Gasteiger partial charge in [-0.05, 0) is 25.5 Å². The van der Waals surface area contributed by atoms with E-state index >= 15 is 0 Å². The first-order valence-electron chi connectivity index (χ1n) is 4.46. The fourth-order valence-corrected chi connectivity index (χ4v) is 0.926. The molecule has 2 nitrogen and oxygen atoms in total. The van der Waals surface area contributed by atoms with Crippen LogP contribution in [0.15, 0.2) is 24.4 Å². The first kappa shape index (κ1) is 9.20. The second kappa shape index (κ2) is 4.88. The molecule has 0 radical (unpaired) electrons. The summed E-state index contributed by atoms with van der Waals surface area (Å²) in [6, 6.07) is 6.56. The first-order valence-corrected chi connectivity index (χ1v) is 4.46. The standard InChI is InChI=1S/C10H16N2/c1-3-9(2)12-8-10-6-4-5-7-11-10/h4-7,9,12H,3,8H2,1-2H3/t9-/m1/s1. The monoisotopic (exact) mass is 164 g/mol. The van der Waals surface area contributed by atoms with Gasteiger partial charge in [0.15, 0.2) is 0 Å². The average Bonchev–Trinajstić information content (AvgIpc) is 2.16. The van der Waals surface area contributed by atoms with Gasteiger partial charge in [0.25, 0.3) is 0 Å². The lowest BCUT2D eigenvalue weighted by Gasteiger charge is -2.09. The fourth-order valence-electron chi connectivity index (χ4n) is 0.926. The molecule has 2 heteroatoms. The van der Waals surface area contributed by atoms with Crippen LogP contribution < -0.4 is 5.32 Å². The second-order valence-corrected chi connectivity index (χ2v) is 3.01. The molecule has 12 heavy (non-hydrogen) atoms. The van der Waals surface area contributed by atoms with Gasteiger partial charge in [-0.3, -0.25) is 4.98 Å². The fraction of sp³-hybridized carbons (Fsp3) is 0.500. The first-order chi connectivity index (χ1) is 5.83. The minimum absolute atomic E-state index is 0.576. The Morgan fingerprint density at radius 3 is 2.92 bits per heavy atom. The molecule has 0 bridgehead atoms. The van der Waals surface area contributed by atoms with E-state index in [1.54, 1.807) is 0 Å². The molecule has 1 aromatic rings. The van der Waals surface area contributed by atoms with Gasteiger partial charge in [0.05, 0.1) is 5.69 Å². The number of hydrogen-bond donors (Lipinski definition) is 1. The van der Waals surface area contributed by atoms with Crippen LogP contribution in [0.4, 0.5) is 0 Å². The highest BCUT2D eigenvalue weighted by Gasteiger charge is 1.97. The maximum Gasteiger partial charge on any atom is 0.0541 e. The van der Waals surface area contributed by atoms with Crippen molar-refractivity contribution in [3.63, 3.8) is 0 Å². The third-order valence-corrected chi connectivity index (χ3v) is 1.97. The van der Waals surface area contributed by atoms with Gasteiger partial charge in [-0.1, -0.05) is 13.0 Å². The molecular weight excluding hydrogens is 148 g/mol. The van der Waals surface area contributed by atoms with E-state index in [9.17, 15) is 0 Å². The van der Waals surface area contributed by atoms with Crippen molar-refractivity contribution >= 4 is 0 Å². The van der Waals surface area contributed by atoms with E-state index in [-0.39, 0.29) is 0 Å². The SMILES string of the molecule is CC[C@@H](C)NCc1ccccn1. The van der Waals surface area contributed by atoms with Gasteiger partial charge in [0, 0.05) is 18.8 Å². The number of rotatable bonds is 4. The Morgan fingerprint density at radius 1 is 1.50 bits per heavy atom. The Balaban J connectivity index is 2.33. The number of nitrogens with one attached hydrogen (secondary N) is 1. The van der Waals surface area contributed by atoms with Crippen LogP contribution in [0.5, 0.6) is 0 Å². The molecule has 1 heterocycles. The molecule has 0 unspecified atom stereocenters. The van der Waals surface area contributed by atoms with E-state index < -0.39 is 0 Å². The maximum atomic E-state index is 4.22. The van der Waals surface area contributed by atoms with E-state index in [4.69, 9.17) is 0 Å². The molecule has 0 saturated heterocycles. The van der Waals surface area contributed by atoms with E-state index in [1.165, 1.54) is 0 Å². The zero-order valence-corrected chi connectivity index (χ0v) is 7.75. The summed E-state index contributed by atoms with van der Waals surface area (Å²) in [5, 5.41) is 3.39. The van der Waals surface area contributed by atoms with Crippen LogP contribution in [0.3, 0.4) is 0 Å². The van der Waals surface area contributed by atoms with Crippen molar-refractivity contribution in [2.75, 3.05) is 0 Å². The lowest BCUT2D eigenvalue weighted by molar-refractivity contribution is 0.529. The molecule has 0 amide bonds. The molecular formula is C10H16N2. The van der Waals surface area contributed by atoms with Gasteiger partial charge >= 0.3 is 0 Å². The molecule has 0 aromatic carbocycles. The molecule has 0 spiro atoms. The highest BCUT2D eigenvalue weighted by molar-refractivity contribution is 5.02. The summed E-state index contributed by atoms with van der Waals surface area (Å²) in [5.74, 6) is 0. The van der Waals surface area contributed by atoms with Crippen molar-refractivity contribution in [2.45, 2.75) is 32.9 Å². The van der Waals surface area contributed by atoms with Crippen LogP contribution in [-0.2, 0) is 6.54 Å². The molecule has 0 fully saturated rings. The van der Waals surface area contributed by atoms with E-state index in [0.29, 0.717) is 6.04 Å². The third kappa shape index (κ3) is 3.01. The van der Waals surface area contributed by atoms with Gasteiger partial charge in [-0.15, -0.1) is 0 Å². The van der Waals surface area contributed by atoms with Crippen molar-refractivity contribution in [3.8, 4) is 0 Å². The summed E-state index contributed by atoms with van der Waals surface area (Å²) in [6.45, 7) is 5.23. The second-order valence-electron chi connectivity index (χ2n) is 3.01. The topological polar surface area (TPSA) is 24.9 Å². The quantitative estimate of drug-likeness (QED) is 0.736. The summed E-state index contributed by atoms with van der Waals surface area (Å²) in [7, 11) is 0. The molecule has 0 aliphatic carbocycles. The molecule has 66 valence electrons. The molecule has 1 atom stereocenters. The Morgan fingerprint density at radius 2 is 2.33 bits per heavy atom. The van der Waals surface area contributed by atoms with Gasteiger partial charge < -0.3 is 5.32 Å². The van der Waals surface area contributed by atoms with Crippen molar-refractivity contribution in [3.05, 3.63) is 30.1 Å². The smallest absolute Gasteiger partial charge is 0.0541 e. The highest BCUT2D eigenvalue weighted by atomic mass is 14.9. The number of hydrogen-bond acceptors (Lipinski definition) is 2. The number of aromatic nitrogens is 1. The molecule has 1 aromatic heterocycles. The van der Waals surface area contributed by atoms with Crippen LogP contribution in [0.1, 0.15) is 26.0 Å². The minimum atomic E-state index is 0.576. The lowest BCUT2D eigenvalue weighted by atomic mass is 10.2. The normalized spacial score (nSPS) is 12.8.